The predicted molar refractivity (Wildman–Crippen MR) is 64.0 cm³/mol. The van der Waals surface area contributed by atoms with Gasteiger partial charge in [0.1, 0.15) is 6.33 Å². The van der Waals surface area contributed by atoms with Crippen LogP contribution < -0.4 is 0 Å². The van der Waals surface area contributed by atoms with Crippen LogP contribution in [0, 0.1) is 0 Å². The summed E-state index contributed by atoms with van der Waals surface area (Å²) in [5, 5.41) is 10.4. The van der Waals surface area contributed by atoms with E-state index in [4.69, 9.17) is 0 Å². The third-order valence-electron chi connectivity index (χ3n) is 3.14. The molecule has 1 N–H and O–H groups in total. The molecule has 0 fully saturated rings. The Labute approximate surface area is 97.3 Å². The van der Waals surface area contributed by atoms with Crippen molar-refractivity contribution in [3.8, 4) is 0 Å². The van der Waals surface area contributed by atoms with E-state index in [0.29, 0.717) is 0 Å². The zero-order valence-electron chi connectivity index (χ0n) is 10.5. The highest BCUT2D eigenvalue weighted by molar-refractivity contribution is 5.12. The van der Waals surface area contributed by atoms with Crippen molar-refractivity contribution in [2.24, 2.45) is 0 Å². The van der Waals surface area contributed by atoms with Crippen molar-refractivity contribution in [1.29, 1.82) is 0 Å². The molecule has 0 aliphatic heterocycles. The van der Waals surface area contributed by atoms with Gasteiger partial charge in [0.25, 0.3) is 0 Å². The minimum Gasteiger partial charge on any atom is -0.386 e. The van der Waals surface area contributed by atoms with E-state index in [0.717, 1.165) is 18.7 Å². The van der Waals surface area contributed by atoms with Crippen LogP contribution in [0.15, 0.2) is 18.7 Å². The van der Waals surface area contributed by atoms with Crippen LogP contribution in [0.4, 0.5) is 0 Å². The minimum absolute atomic E-state index is 0.311. The summed E-state index contributed by atoms with van der Waals surface area (Å²) in [5.41, 5.74) is 0.452. The number of aliphatic hydroxyl groups excluding tert-OH is 1. The molecule has 1 unspecified atom stereocenters. The van der Waals surface area contributed by atoms with Gasteiger partial charge >= 0.3 is 0 Å². The number of aromatic nitrogens is 2. The van der Waals surface area contributed by atoms with Crippen LogP contribution in [-0.4, -0.2) is 38.6 Å². The lowest BCUT2D eigenvalue weighted by atomic mass is 9.91. The Morgan fingerprint density at radius 1 is 1.25 bits per heavy atom. The Morgan fingerprint density at radius 2 is 1.75 bits per heavy atom. The first-order valence-corrected chi connectivity index (χ1v) is 5.72. The maximum atomic E-state index is 10.4. The summed E-state index contributed by atoms with van der Waals surface area (Å²) in [5.74, 6) is 0. The van der Waals surface area contributed by atoms with Gasteiger partial charge in [-0.2, -0.15) is 0 Å². The van der Waals surface area contributed by atoms with E-state index in [9.17, 15) is 5.11 Å². The summed E-state index contributed by atoms with van der Waals surface area (Å²) >= 11 is 0. The lowest BCUT2D eigenvalue weighted by Gasteiger charge is -2.40. The van der Waals surface area contributed by atoms with Gasteiger partial charge in [0.05, 0.1) is 6.10 Å². The highest BCUT2D eigenvalue weighted by Crippen LogP contribution is 2.29. The fourth-order valence-electron chi connectivity index (χ4n) is 2.07. The summed E-state index contributed by atoms with van der Waals surface area (Å²) in [6, 6.07) is 0. The van der Waals surface area contributed by atoms with Crippen LogP contribution in [0.5, 0.6) is 0 Å². The number of nitrogens with zero attached hydrogens (tertiary/aromatic N) is 3. The van der Waals surface area contributed by atoms with Crippen molar-refractivity contribution >= 4 is 0 Å². The zero-order valence-corrected chi connectivity index (χ0v) is 10.5. The molecule has 16 heavy (non-hydrogen) atoms. The first-order chi connectivity index (χ1) is 7.54. The third kappa shape index (κ3) is 2.57. The lowest BCUT2D eigenvalue weighted by molar-refractivity contribution is -0.00663. The predicted octanol–water partition coefficient (Wildman–Crippen LogP) is 1.63. The summed E-state index contributed by atoms with van der Waals surface area (Å²) in [4.78, 5) is 10.1. The van der Waals surface area contributed by atoms with Crippen molar-refractivity contribution in [3.05, 3.63) is 24.3 Å². The largest absolute Gasteiger partial charge is 0.386 e. The van der Waals surface area contributed by atoms with Crippen molar-refractivity contribution < 1.29 is 5.11 Å². The lowest BCUT2D eigenvalue weighted by Crippen LogP contribution is -2.48. The maximum absolute atomic E-state index is 10.4. The number of rotatable bonds is 5. The normalized spacial score (nSPS) is 14.1. The van der Waals surface area contributed by atoms with Crippen molar-refractivity contribution in [3.63, 3.8) is 0 Å². The average molecular weight is 223 g/mol. The van der Waals surface area contributed by atoms with Gasteiger partial charge in [-0.05, 0) is 26.9 Å². The molecular formula is C12H21N3O. The van der Waals surface area contributed by atoms with Gasteiger partial charge < -0.3 is 5.11 Å². The smallest absolute Gasteiger partial charge is 0.115 e. The number of hydrogen-bond acceptors (Lipinski definition) is 4. The van der Waals surface area contributed by atoms with E-state index in [-0.39, 0.29) is 5.54 Å². The monoisotopic (exact) mass is 223 g/mol. The van der Waals surface area contributed by atoms with Crippen LogP contribution in [0.1, 0.15) is 39.4 Å². The van der Waals surface area contributed by atoms with Gasteiger partial charge in [-0.1, -0.05) is 13.8 Å². The molecule has 0 amide bonds. The SMILES string of the molecule is CCN(CC)C(C)(C)C(O)c1cncnc1. The summed E-state index contributed by atoms with van der Waals surface area (Å²) in [6.45, 7) is 10.1. The highest BCUT2D eigenvalue weighted by atomic mass is 16.3. The second-order valence-electron chi connectivity index (χ2n) is 4.40. The Hall–Kier alpha value is -1.00. The first kappa shape index (κ1) is 13.1. The van der Waals surface area contributed by atoms with Gasteiger partial charge in [0, 0.05) is 23.5 Å². The molecular weight excluding hydrogens is 202 g/mol. The van der Waals surface area contributed by atoms with Gasteiger partial charge in [0.2, 0.25) is 0 Å². The van der Waals surface area contributed by atoms with Crippen LogP contribution >= 0.6 is 0 Å². The Kier molecular flexibility index (Phi) is 4.38. The number of aliphatic hydroxyl groups is 1. The van der Waals surface area contributed by atoms with Crippen molar-refractivity contribution in [2.45, 2.75) is 39.3 Å². The molecule has 1 aromatic rings. The van der Waals surface area contributed by atoms with Crippen LogP contribution in [0.3, 0.4) is 0 Å². The summed E-state index contributed by atoms with van der Waals surface area (Å²) in [6.07, 6.45) is 4.24. The first-order valence-electron chi connectivity index (χ1n) is 5.72. The molecule has 4 nitrogen and oxygen atoms in total. The van der Waals surface area contributed by atoms with E-state index in [1.54, 1.807) is 12.4 Å². The van der Waals surface area contributed by atoms with Crippen molar-refractivity contribution in [1.82, 2.24) is 14.9 Å². The van der Waals surface area contributed by atoms with Gasteiger partial charge in [0.15, 0.2) is 0 Å². The quantitative estimate of drug-likeness (QED) is 0.824. The standard InChI is InChI=1S/C12H21N3O/c1-5-15(6-2)12(3,4)11(16)10-7-13-9-14-8-10/h7-9,11,16H,5-6H2,1-4H3. The summed E-state index contributed by atoms with van der Waals surface area (Å²) < 4.78 is 0. The molecule has 0 saturated heterocycles. The van der Waals surface area contributed by atoms with E-state index < -0.39 is 6.10 Å². The Balaban J connectivity index is 2.91. The van der Waals surface area contributed by atoms with E-state index in [1.165, 1.54) is 6.33 Å². The molecule has 1 rings (SSSR count). The Bertz CT molecular complexity index is 309. The van der Waals surface area contributed by atoms with Crippen LogP contribution in [0.25, 0.3) is 0 Å². The molecule has 1 heterocycles. The topological polar surface area (TPSA) is 49.2 Å². The van der Waals surface area contributed by atoms with Crippen LogP contribution in [-0.2, 0) is 0 Å². The van der Waals surface area contributed by atoms with Gasteiger partial charge in [-0.15, -0.1) is 0 Å². The van der Waals surface area contributed by atoms with Gasteiger partial charge in [-0.25, -0.2) is 9.97 Å². The molecule has 0 radical (unpaired) electrons. The second-order valence-corrected chi connectivity index (χ2v) is 4.40. The molecule has 0 spiro atoms. The fourth-order valence-corrected chi connectivity index (χ4v) is 2.07. The average Bonchev–Trinajstić information content (AvgIpc) is 2.30. The van der Waals surface area contributed by atoms with Crippen molar-refractivity contribution in [2.75, 3.05) is 13.1 Å². The molecule has 0 aliphatic carbocycles. The zero-order chi connectivity index (χ0) is 12.2. The second kappa shape index (κ2) is 5.37. The maximum Gasteiger partial charge on any atom is 0.115 e. The minimum atomic E-state index is -0.575. The van der Waals surface area contributed by atoms with E-state index in [1.807, 2.05) is 13.8 Å². The van der Waals surface area contributed by atoms with Gasteiger partial charge in [-0.3, -0.25) is 4.90 Å². The van der Waals surface area contributed by atoms with E-state index >= 15 is 0 Å². The molecule has 90 valence electrons. The number of hydrogen-bond donors (Lipinski definition) is 1. The molecule has 0 aliphatic rings. The molecule has 1 atom stereocenters. The molecule has 1 aromatic heterocycles. The van der Waals surface area contributed by atoms with Crippen LogP contribution in [0.2, 0.25) is 0 Å². The third-order valence-corrected chi connectivity index (χ3v) is 3.14. The molecule has 0 bridgehead atoms. The molecule has 0 aromatic carbocycles. The summed E-state index contributed by atoms with van der Waals surface area (Å²) in [7, 11) is 0. The molecule has 0 saturated carbocycles. The molecule has 4 heteroatoms. The van der Waals surface area contributed by atoms with E-state index in [2.05, 4.69) is 28.7 Å². The Morgan fingerprint density at radius 3 is 2.19 bits per heavy atom. The highest BCUT2D eigenvalue weighted by Gasteiger charge is 2.33. The number of likely N-dealkylation sites (N-methyl/N-ethyl adjacent to an activating group) is 1. The fraction of sp³-hybridized carbons (Fsp3) is 0.667.